The number of fused-ring (bicyclic) bond motifs is 2. The molecule has 2 aliphatic rings. The van der Waals surface area contributed by atoms with Gasteiger partial charge in [0, 0.05) is 10.0 Å². The van der Waals surface area contributed by atoms with Crippen LogP contribution in [0.3, 0.4) is 0 Å². The molecule has 2 aromatic rings. The molecule has 0 radical (unpaired) electrons. The minimum Gasteiger partial charge on any atom is -0.457 e. The maximum Gasteiger partial charge on any atom is 0.338 e. The van der Waals surface area contributed by atoms with Gasteiger partial charge in [-0.05, 0) is 61.1 Å². The van der Waals surface area contributed by atoms with Crippen LogP contribution >= 0.6 is 15.9 Å². The molecule has 0 saturated heterocycles. The highest BCUT2D eigenvalue weighted by molar-refractivity contribution is 9.10. The molecule has 0 bridgehead atoms. The van der Waals surface area contributed by atoms with Gasteiger partial charge in [0.05, 0.1) is 5.56 Å². The zero-order valence-corrected chi connectivity index (χ0v) is 14.7. The first-order valence-electron chi connectivity index (χ1n) is 8.07. The Labute approximate surface area is 148 Å². The zero-order chi connectivity index (χ0) is 16.5. The topological polar surface area (TPSA) is 44.8 Å². The van der Waals surface area contributed by atoms with Crippen LogP contribution in [0.4, 0.5) is 0 Å². The Morgan fingerprint density at radius 1 is 1.04 bits per heavy atom. The molecule has 124 valence electrons. The summed E-state index contributed by atoms with van der Waals surface area (Å²) in [5, 5.41) is 0. The average molecular weight is 389 g/mol. The van der Waals surface area contributed by atoms with Crippen LogP contribution in [0.5, 0.6) is 11.5 Å². The number of hydrogen-bond donors (Lipinski definition) is 0. The van der Waals surface area contributed by atoms with Crippen molar-refractivity contribution in [3.05, 3.63) is 57.1 Å². The van der Waals surface area contributed by atoms with Crippen LogP contribution in [-0.4, -0.2) is 12.8 Å². The van der Waals surface area contributed by atoms with Gasteiger partial charge in [-0.15, -0.1) is 0 Å². The summed E-state index contributed by atoms with van der Waals surface area (Å²) in [6.45, 7) is 0.410. The van der Waals surface area contributed by atoms with E-state index in [0.29, 0.717) is 17.1 Å². The van der Waals surface area contributed by atoms with Gasteiger partial charge in [-0.25, -0.2) is 4.79 Å². The monoisotopic (exact) mass is 388 g/mol. The van der Waals surface area contributed by atoms with Gasteiger partial charge in [-0.2, -0.15) is 0 Å². The summed E-state index contributed by atoms with van der Waals surface area (Å²) in [5.74, 6) is 1.08. The number of carbonyl (C=O) groups excluding carboxylic acids is 1. The Balaban J connectivity index is 1.47. The Morgan fingerprint density at radius 2 is 1.79 bits per heavy atom. The number of hydrogen-bond acceptors (Lipinski definition) is 4. The number of ether oxygens (including phenoxy) is 3. The van der Waals surface area contributed by atoms with E-state index in [1.54, 1.807) is 0 Å². The molecule has 2 aromatic carbocycles. The first-order chi connectivity index (χ1) is 11.7. The molecule has 24 heavy (non-hydrogen) atoms. The second kappa shape index (κ2) is 6.48. The van der Waals surface area contributed by atoms with Gasteiger partial charge in [0.2, 0.25) is 6.79 Å². The van der Waals surface area contributed by atoms with E-state index in [1.165, 1.54) is 24.0 Å². The van der Waals surface area contributed by atoms with Crippen molar-refractivity contribution in [2.45, 2.75) is 32.3 Å². The average Bonchev–Trinajstić information content (AvgIpc) is 3.06. The van der Waals surface area contributed by atoms with Crippen molar-refractivity contribution in [2.24, 2.45) is 0 Å². The number of halogens is 1. The molecule has 5 heteroatoms. The van der Waals surface area contributed by atoms with Crippen LogP contribution in [0, 0.1) is 0 Å². The lowest BCUT2D eigenvalue weighted by Crippen LogP contribution is -2.09. The van der Waals surface area contributed by atoms with Crippen molar-refractivity contribution < 1.29 is 19.0 Å². The van der Waals surface area contributed by atoms with Crippen molar-refractivity contribution >= 4 is 21.9 Å². The van der Waals surface area contributed by atoms with Crippen LogP contribution < -0.4 is 9.47 Å². The molecule has 0 N–H and O–H groups in total. The van der Waals surface area contributed by atoms with E-state index in [9.17, 15) is 4.79 Å². The Morgan fingerprint density at radius 3 is 2.62 bits per heavy atom. The van der Waals surface area contributed by atoms with Crippen molar-refractivity contribution in [3.63, 3.8) is 0 Å². The molecular weight excluding hydrogens is 372 g/mol. The Kier molecular flexibility index (Phi) is 4.19. The van der Waals surface area contributed by atoms with Gasteiger partial charge in [0.25, 0.3) is 0 Å². The smallest absolute Gasteiger partial charge is 0.338 e. The maximum atomic E-state index is 12.4. The van der Waals surface area contributed by atoms with Gasteiger partial charge in [-0.1, -0.05) is 22.0 Å². The molecule has 0 saturated carbocycles. The molecule has 0 aromatic heterocycles. The first-order valence-corrected chi connectivity index (χ1v) is 8.87. The number of benzene rings is 2. The highest BCUT2D eigenvalue weighted by Crippen LogP contribution is 2.37. The lowest BCUT2D eigenvalue weighted by molar-refractivity contribution is 0.0471. The standard InChI is InChI=1S/C19H17BrO4/c20-16-9-18-17(23-11-24-18)8-15(16)10-22-19(21)14-6-5-12-3-1-2-4-13(12)7-14/h5-9H,1-4,10-11H2. The number of esters is 1. The Bertz CT molecular complexity index is 800. The summed E-state index contributed by atoms with van der Waals surface area (Å²) >= 11 is 3.48. The lowest BCUT2D eigenvalue weighted by atomic mass is 9.90. The zero-order valence-electron chi connectivity index (χ0n) is 13.1. The fourth-order valence-electron chi connectivity index (χ4n) is 3.16. The van der Waals surface area contributed by atoms with Crippen molar-refractivity contribution in [1.82, 2.24) is 0 Å². The Hall–Kier alpha value is -2.01. The van der Waals surface area contributed by atoms with Crippen LogP contribution in [0.15, 0.2) is 34.8 Å². The predicted octanol–water partition coefficient (Wildman–Crippen LogP) is 4.41. The van der Waals surface area contributed by atoms with E-state index in [-0.39, 0.29) is 19.4 Å². The highest BCUT2D eigenvalue weighted by atomic mass is 79.9. The molecule has 0 fully saturated rings. The maximum absolute atomic E-state index is 12.4. The molecular formula is C19H17BrO4. The summed E-state index contributed by atoms with van der Waals surface area (Å²) < 4.78 is 17.0. The van der Waals surface area contributed by atoms with Crippen molar-refractivity contribution in [1.29, 1.82) is 0 Å². The van der Waals surface area contributed by atoms with E-state index < -0.39 is 0 Å². The quantitative estimate of drug-likeness (QED) is 0.730. The summed E-state index contributed by atoms with van der Waals surface area (Å²) in [5.41, 5.74) is 4.11. The number of aryl methyl sites for hydroxylation is 2. The van der Waals surface area contributed by atoms with Crippen LogP contribution in [-0.2, 0) is 24.2 Å². The largest absolute Gasteiger partial charge is 0.457 e. The normalized spacial score (nSPS) is 15.0. The van der Waals surface area contributed by atoms with E-state index in [2.05, 4.69) is 22.0 Å². The minimum atomic E-state index is -0.298. The van der Waals surface area contributed by atoms with Crippen molar-refractivity contribution in [2.75, 3.05) is 6.79 Å². The third-order valence-electron chi connectivity index (χ3n) is 4.48. The molecule has 0 unspecified atom stereocenters. The second-order valence-corrected chi connectivity index (χ2v) is 6.92. The van der Waals surface area contributed by atoms with Crippen LogP contribution in [0.2, 0.25) is 0 Å². The molecule has 1 aliphatic heterocycles. The summed E-state index contributed by atoms with van der Waals surface area (Å²) in [4.78, 5) is 12.4. The fourth-order valence-corrected chi connectivity index (χ4v) is 3.59. The van der Waals surface area contributed by atoms with E-state index >= 15 is 0 Å². The minimum absolute atomic E-state index is 0.188. The molecule has 1 heterocycles. The second-order valence-electron chi connectivity index (χ2n) is 6.06. The number of rotatable bonds is 3. The number of carbonyl (C=O) groups is 1. The molecule has 0 spiro atoms. The first kappa shape index (κ1) is 15.5. The summed E-state index contributed by atoms with van der Waals surface area (Å²) in [6.07, 6.45) is 4.57. The summed E-state index contributed by atoms with van der Waals surface area (Å²) in [6, 6.07) is 9.57. The van der Waals surface area contributed by atoms with Gasteiger partial charge in [0.15, 0.2) is 11.5 Å². The van der Waals surface area contributed by atoms with Crippen molar-refractivity contribution in [3.8, 4) is 11.5 Å². The molecule has 0 atom stereocenters. The van der Waals surface area contributed by atoms with Gasteiger partial charge in [-0.3, -0.25) is 0 Å². The van der Waals surface area contributed by atoms with Crippen LogP contribution in [0.1, 0.15) is 39.9 Å². The van der Waals surface area contributed by atoms with Gasteiger partial charge in [0.1, 0.15) is 6.61 Å². The molecule has 4 rings (SSSR count). The van der Waals surface area contributed by atoms with Gasteiger partial charge >= 0.3 is 5.97 Å². The van der Waals surface area contributed by atoms with E-state index in [0.717, 1.165) is 22.9 Å². The SMILES string of the molecule is O=C(OCc1cc2c(cc1Br)OCO2)c1ccc2c(c1)CCCC2. The van der Waals surface area contributed by atoms with Crippen LogP contribution in [0.25, 0.3) is 0 Å². The molecule has 4 nitrogen and oxygen atoms in total. The molecule has 0 amide bonds. The summed E-state index contributed by atoms with van der Waals surface area (Å²) in [7, 11) is 0. The lowest BCUT2D eigenvalue weighted by Gasteiger charge is -2.16. The molecule has 1 aliphatic carbocycles. The third-order valence-corrected chi connectivity index (χ3v) is 5.22. The van der Waals surface area contributed by atoms with Gasteiger partial charge < -0.3 is 14.2 Å². The predicted molar refractivity (Wildman–Crippen MR) is 92.5 cm³/mol. The fraction of sp³-hybridized carbons (Fsp3) is 0.316. The highest BCUT2D eigenvalue weighted by Gasteiger charge is 2.18. The van der Waals surface area contributed by atoms with E-state index in [4.69, 9.17) is 14.2 Å². The third kappa shape index (κ3) is 3.00. The van der Waals surface area contributed by atoms with E-state index in [1.807, 2.05) is 24.3 Å².